The molecule has 2 heterocycles. The van der Waals surface area contributed by atoms with Crippen molar-refractivity contribution in [2.45, 2.75) is 26.5 Å². The maximum Gasteiger partial charge on any atom is 0.144 e. The molecule has 0 spiro atoms. The molecule has 0 atom stereocenters. The van der Waals surface area contributed by atoms with E-state index >= 15 is 0 Å². The summed E-state index contributed by atoms with van der Waals surface area (Å²) in [4.78, 5) is 0. The lowest BCUT2D eigenvalue weighted by atomic mass is 10.1. The third kappa shape index (κ3) is 1.21. The Labute approximate surface area is 76.7 Å². The van der Waals surface area contributed by atoms with Gasteiger partial charge in [-0.2, -0.15) is 10.4 Å². The molecule has 13 heavy (non-hydrogen) atoms. The van der Waals surface area contributed by atoms with Gasteiger partial charge in [0.2, 0.25) is 0 Å². The third-order valence-corrected chi connectivity index (χ3v) is 2.27. The van der Waals surface area contributed by atoms with E-state index in [1.165, 1.54) is 0 Å². The number of aryl methyl sites for hydroxylation is 1. The highest BCUT2D eigenvalue weighted by molar-refractivity contribution is 5.36. The van der Waals surface area contributed by atoms with Gasteiger partial charge in [-0.1, -0.05) is 0 Å². The number of hydrogen-bond acceptors (Lipinski definition) is 3. The number of ether oxygens (including phenoxy) is 1. The molecule has 1 aromatic rings. The van der Waals surface area contributed by atoms with Crippen molar-refractivity contribution in [2.75, 3.05) is 6.61 Å². The molecule has 1 aliphatic rings. The molecule has 0 aromatic carbocycles. The maximum absolute atomic E-state index is 8.93. The van der Waals surface area contributed by atoms with Crippen LogP contribution in [0, 0.1) is 11.3 Å². The Kier molecular flexibility index (Phi) is 2.03. The van der Waals surface area contributed by atoms with E-state index in [2.05, 4.69) is 11.2 Å². The van der Waals surface area contributed by atoms with E-state index in [1.807, 2.05) is 6.92 Å². The summed E-state index contributed by atoms with van der Waals surface area (Å²) in [6, 6.07) is 2.18. The van der Waals surface area contributed by atoms with Gasteiger partial charge in [0.1, 0.15) is 11.8 Å². The Hall–Kier alpha value is -1.34. The predicted molar refractivity (Wildman–Crippen MR) is 46.0 cm³/mol. The lowest BCUT2D eigenvalue weighted by molar-refractivity contribution is 0.110. The summed E-state index contributed by atoms with van der Waals surface area (Å²) in [6.07, 6.45) is 0.830. The Morgan fingerprint density at radius 3 is 3.23 bits per heavy atom. The van der Waals surface area contributed by atoms with Gasteiger partial charge in [-0.25, -0.2) is 0 Å². The van der Waals surface area contributed by atoms with E-state index < -0.39 is 0 Å². The molecule has 4 heteroatoms. The van der Waals surface area contributed by atoms with E-state index in [9.17, 15) is 0 Å². The molecule has 1 aliphatic heterocycles. The first-order valence-corrected chi connectivity index (χ1v) is 4.43. The van der Waals surface area contributed by atoms with Gasteiger partial charge in [-0.3, -0.25) is 4.68 Å². The summed E-state index contributed by atoms with van der Waals surface area (Å²) in [6.45, 7) is 3.99. The molecule has 2 rings (SSSR count). The van der Waals surface area contributed by atoms with Gasteiger partial charge in [-0.05, 0) is 6.92 Å². The smallest absolute Gasteiger partial charge is 0.144 e. The van der Waals surface area contributed by atoms with E-state index in [4.69, 9.17) is 10.00 Å². The Balaban J connectivity index is 2.52. The molecule has 68 valence electrons. The number of aromatic nitrogens is 2. The molecule has 0 amide bonds. The average Bonchev–Trinajstić information content (AvgIpc) is 2.55. The van der Waals surface area contributed by atoms with Crippen LogP contribution in [0.25, 0.3) is 0 Å². The molecule has 1 aromatic heterocycles. The zero-order valence-corrected chi connectivity index (χ0v) is 7.58. The normalized spacial score (nSPS) is 15.1. The first kappa shape index (κ1) is 8.27. The number of nitriles is 1. The largest absolute Gasteiger partial charge is 0.376 e. The monoisotopic (exact) mass is 177 g/mol. The van der Waals surface area contributed by atoms with Crippen LogP contribution in [0.15, 0.2) is 0 Å². The van der Waals surface area contributed by atoms with Crippen molar-refractivity contribution in [3.05, 3.63) is 17.0 Å². The first-order valence-electron chi connectivity index (χ1n) is 4.43. The van der Waals surface area contributed by atoms with Crippen LogP contribution in [0.5, 0.6) is 0 Å². The van der Waals surface area contributed by atoms with E-state index in [1.54, 1.807) is 4.68 Å². The molecule has 0 saturated carbocycles. The molecular weight excluding hydrogens is 166 g/mol. The van der Waals surface area contributed by atoms with Gasteiger partial charge < -0.3 is 4.74 Å². The molecule has 0 radical (unpaired) electrons. The number of hydrogen-bond donors (Lipinski definition) is 0. The van der Waals surface area contributed by atoms with Crippen molar-refractivity contribution >= 4 is 0 Å². The van der Waals surface area contributed by atoms with Crippen molar-refractivity contribution in [2.24, 2.45) is 0 Å². The molecule has 0 N–H and O–H groups in total. The SMILES string of the molecule is CCn1nc2c(c1C#N)COCC2. The Bertz CT molecular complexity index is 362. The van der Waals surface area contributed by atoms with Gasteiger partial charge in [-0.15, -0.1) is 0 Å². The molecule has 0 fully saturated rings. The second-order valence-electron chi connectivity index (χ2n) is 3.00. The summed E-state index contributed by atoms with van der Waals surface area (Å²) in [7, 11) is 0. The van der Waals surface area contributed by atoms with Crippen molar-refractivity contribution in [1.29, 1.82) is 5.26 Å². The second-order valence-corrected chi connectivity index (χ2v) is 3.00. The fraction of sp³-hybridized carbons (Fsp3) is 0.556. The lowest BCUT2D eigenvalue weighted by Crippen LogP contribution is -2.08. The van der Waals surface area contributed by atoms with Crippen LogP contribution in [-0.2, 0) is 24.3 Å². The van der Waals surface area contributed by atoms with Gasteiger partial charge in [0.15, 0.2) is 0 Å². The van der Waals surface area contributed by atoms with Crippen LogP contribution >= 0.6 is 0 Å². The van der Waals surface area contributed by atoms with Crippen LogP contribution in [-0.4, -0.2) is 16.4 Å². The van der Waals surface area contributed by atoms with E-state index in [0.717, 1.165) is 30.8 Å². The highest BCUT2D eigenvalue weighted by Crippen LogP contribution is 2.19. The zero-order chi connectivity index (χ0) is 9.26. The van der Waals surface area contributed by atoms with Crippen LogP contribution in [0.1, 0.15) is 23.9 Å². The average molecular weight is 177 g/mol. The third-order valence-electron chi connectivity index (χ3n) is 2.27. The quantitative estimate of drug-likeness (QED) is 0.639. The van der Waals surface area contributed by atoms with Crippen molar-refractivity contribution in [1.82, 2.24) is 9.78 Å². The minimum absolute atomic E-state index is 0.540. The molecular formula is C9H11N3O. The number of nitrogens with zero attached hydrogens (tertiary/aromatic N) is 3. The molecule has 0 aliphatic carbocycles. The maximum atomic E-state index is 8.93. The summed E-state index contributed by atoms with van der Waals surface area (Å²) in [5.74, 6) is 0. The molecule has 0 bridgehead atoms. The van der Waals surface area contributed by atoms with Crippen LogP contribution in [0.4, 0.5) is 0 Å². The topological polar surface area (TPSA) is 50.8 Å². The second kappa shape index (κ2) is 3.19. The summed E-state index contributed by atoms with van der Waals surface area (Å²) in [5, 5.41) is 13.3. The van der Waals surface area contributed by atoms with E-state index in [-0.39, 0.29) is 0 Å². The lowest BCUT2D eigenvalue weighted by Gasteiger charge is -2.09. The van der Waals surface area contributed by atoms with Crippen LogP contribution < -0.4 is 0 Å². The summed E-state index contributed by atoms with van der Waals surface area (Å²) >= 11 is 0. The number of fused-ring (bicyclic) bond motifs is 1. The fourth-order valence-electron chi connectivity index (χ4n) is 1.60. The minimum Gasteiger partial charge on any atom is -0.376 e. The van der Waals surface area contributed by atoms with E-state index in [0.29, 0.717) is 12.3 Å². The van der Waals surface area contributed by atoms with Crippen LogP contribution in [0.2, 0.25) is 0 Å². The Morgan fingerprint density at radius 1 is 1.69 bits per heavy atom. The van der Waals surface area contributed by atoms with Crippen LogP contribution in [0.3, 0.4) is 0 Å². The highest BCUT2D eigenvalue weighted by atomic mass is 16.5. The minimum atomic E-state index is 0.540. The van der Waals surface area contributed by atoms with Gasteiger partial charge in [0.05, 0.1) is 18.9 Å². The van der Waals surface area contributed by atoms with Crippen molar-refractivity contribution in [3.63, 3.8) is 0 Å². The first-order chi connectivity index (χ1) is 6.36. The standard InChI is InChI=1S/C9H11N3O/c1-2-12-9(5-10)7-6-13-4-3-8(7)11-12/h2-4,6H2,1H3. The Morgan fingerprint density at radius 2 is 2.54 bits per heavy atom. The molecule has 4 nitrogen and oxygen atoms in total. The predicted octanol–water partition coefficient (Wildman–Crippen LogP) is 0.847. The summed E-state index contributed by atoms with van der Waals surface area (Å²) < 4.78 is 7.04. The van der Waals surface area contributed by atoms with Crippen molar-refractivity contribution in [3.8, 4) is 6.07 Å². The van der Waals surface area contributed by atoms with Crippen molar-refractivity contribution < 1.29 is 4.74 Å². The van der Waals surface area contributed by atoms with Gasteiger partial charge >= 0.3 is 0 Å². The highest BCUT2D eigenvalue weighted by Gasteiger charge is 2.19. The number of rotatable bonds is 1. The van der Waals surface area contributed by atoms with Gasteiger partial charge in [0, 0.05) is 18.5 Å². The van der Waals surface area contributed by atoms with Gasteiger partial charge in [0.25, 0.3) is 0 Å². The molecule has 0 saturated heterocycles. The molecule has 0 unspecified atom stereocenters. The summed E-state index contributed by atoms with van der Waals surface area (Å²) in [5.41, 5.74) is 2.68. The fourth-order valence-corrected chi connectivity index (χ4v) is 1.60. The zero-order valence-electron chi connectivity index (χ0n) is 7.58.